The van der Waals surface area contributed by atoms with E-state index in [2.05, 4.69) is 5.32 Å². The van der Waals surface area contributed by atoms with Crippen molar-refractivity contribution in [3.63, 3.8) is 0 Å². The lowest BCUT2D eigenvalue weighted by Crippen LogP contribution is -2.39. The fraction of sp³-hybridized carbons (Fsp3) is 0.227. The Bertz CT molecular complexity index is 869. The number of rotatable bonds is 7. The Hall–Kier alpha value is -3.01. The second kappa shape index (κ2) is 8.39. The predicted octanol–water partition coefficient (Wildman–Crippen LogP) is 4.11. The minimum atomic E-state index is -0.169. The lowest BCUT2D eigenvalue weighted by Gasteiger charge is -2.16. The van der Waals surface area contributed by atoms with Gasteiger partial charge < -0.3 is 14.8 Å². The fourth-order valence-corrected chi connectivity index (χ4v) is 2.68. The molecule has 0 aliphatic heterocycles. The van der Waals surface area contributed by atoms with Gasteiger partial charge in [-0.15, -0.1) is 0 Å². The topological polar surface area (TPSA) is 47.6 Å². The minimum absolute atomic E-state index is 0.0249. The first-order valence-electron chi connectivity index (χ1n) is 8.71. The van der Waals surface area contributed by atoms with Gasteiger partial charge in [0, 0.05) is 5.39 Å². The molecule has 4 heteroatoms. The highest BCUT2D eigenvalue weighted by Crippen LogP contribution is 2.24. The van der Waals surface area contributed by atoms with E-state index in [1.165, 1.54) is 5.56 Å². The van der Waals surface area contributed by atoms with E-state index in [-0.39, 0.29) is 18.6 Å². The molecule has 3 rings (SSSR count). The molecular formula is C22H23NO3. The Balaban J connectivity index is 1.48. The van der Waals surface area contributed by atoms with Crippen molar-refractivity contribution >= 4 is 16.7 Å². The Morgan fingerprint density at radius 2 is 1.69 bits per heavy atom. The van der Waals surface area contributed by atoms with Crippen molar-refractivity contribution < 1.29 is 14.3 Å². The van der Waals surface area contributed by atoms with Gasteiger partial charge in [0.25, 0.3) is 5.91 Å². The van der Waals surface area contributed by atoms with Crippen molar-refractivity contribution in [3.8, 4) is 11.5 Å². The monoisotopic (exact) mass is 349 g/mol. The first kappa shape index (κ1) is 17.8. The molecule has 0 unspecified atom stereocenters. The van der Waals surface area contributed by atoms with Crippen LogP contribution < -0.4 is 14.8 Å². The van der Waals surface area contributed by atoms with Gasteiger partial charge in [0.15, 0.2) is 6.61 Å². The van der Waals surface area contributed by atoms with Crippen LogP contribution in [0.3, 0.4) is 0 Å². The molecule has 0 bridgehead atoms. The number of aryl methyl sites for hydroxylation is 1. The molecule has 3 aromatic rings. The smallest absolute Gasteiger partial charge is 0.258 e. The molecule has 0 saturated heterocycles. The summed E-state index contributed by atoms with van der Waals surface area (Å²) in [5.74, 6) is 1.34. The summed E-state index contributed by atoms with van der Waals surface area (Å²) in [5, 5.41) is 4.98. The molecule has 0 aromatic heterocycles. The highest BCUT2D eigenvalue weighted by Gasteiger charge is 2.10. The van der Waals surface area contributed by atoms with Crippen molar-refractivity contribution in [2.45, 2.75) is 19.9 Å². The van der Waals surface area contributed by atoms with E-state index in [1.54, 1.807) is 0 Å². The van der Waals surface area contributed by atoms with E-state index >= 15 is 0 Å². The Morgan fingerprint density at radius 1 is 0.962 bits per heavy atom. The van der Waals surface area contributed by atoms with Crippen LogP contribution in [0.2, 0.25) is 0 Å². The molecule has 134 valence electrons. The molecule has 0 aliphatic carbocycles. The molecule has 0 radical (unpaired) electrons. The molecule has 0 aliphatic rings. The Kier molecular flexibility index (Phi) is 5.74. The summed E-state index contributed by atoms with van der Waals surface area (Å²) in [4.78, 5) is 12.1. The summed E-state index contributed by atoms with van der Waals surface area (Å²) in [6.45, 7) is 4.32. The van der Waals surface area contributed by atoms with Gasteiger partial charge in [0.05, 0.1) is 6.04 Å². The zero-order valence-corrected chi connectivity index (χ0v) is 15.1. The molecule has 0 saturated carbocycles. The minimum Gasteiger partial charge on any atom is -0.491 e. The first-order valence-corrected chi connectivity index (χ1v) is 8.71. The fourth-order valence-electron chi connectivity index (χ4n) is 2.68. The summed E-state index contributed by atoms with van der Waals surface area (Å²) in [6.07, 6.45) is 0. The molecule has 26 heavy (non-hydrogen) atoms. The van der Waals surface area contributed by atoms with E-state index in [9.17, 15) is 4.79 Å². The highest BCUT2D eigenvalue weighted by atomic mass is 16.5. The SMILES string of the molecule is Cc1ccc(OC[C@H](C)NC(=O)COc2cccc3ccccc23)cc1. The Labute approximate surface area is 153 Å². The van der Waals surface area contributed by atoms with Crippen LogP contribution in [0.1, 0.15) is 12.5 Å². The quantitative estimate of drug-likeness (QED) is 0.698. The van der Waals surface area contributed by atoms with Crippen LogP contribution in [-0.4, -0.2) is 25.2 Å². The summed E-state index contributed by atoms with van der Waals surface area (Å²) < 4.78 is 11.4. The Morgan fingerprint density at radius 3 is 2.50 bits per heavy atom. The molecule has 0 spiro atoms. The zero-order chi connectivity index (χ0) is 18.4. The summed E-state index contributed by atoms with van der Waals surface area (Å²) in [7, 11) is 0. The van der Waals surface area contributed by atoms with Crippen LogP contribution in [0.5, 0.6) is 11.5 Å². The number of carbonyl (C=O) groups is 1. The van der Waals surface area contributed by atoms with Gasteiger partial charge in [-0.25, -0.2) is 0 Å². The number of benzene rings is 3. The van der Waals surface area contributed by atoms with E-state index < -0.39 is 0 Å². The average molecular weight is 349 g/mol. The number of hydrogen-bond acceptors (Lipinski definition) is 3. The third-order valence-corrected chi connectivity index (χ3v) is 4.04. The number of nitrogens with one attached hydrogen (secondary N) is 1. The molecule has 1 atom stereocenters. The highest BCUT2D eigenvalue weighted by molar-refractivity contribution is 5.88. The number of hydrogen-bond donors (Lipinski definition) is 1. The average Bonchev–Trinajstić information content (AvgIpc) is 2.66. The van der Waals surface area contributed by atoms with Gasteiger partial charge in [-0.05, 0) is 37.4 Å². The lowest BCUT2D eigenvalue weighted by molar-refractivity contribution is -0.123. The second-order valence-corrected chi connectivity index (χ2v) is 6.36. The zero-order valence-electron chi connectivity index (χ0n) is 15.1. The van der Waals surface area contributed by atoms with Crippen molar-refractivity contribution in [3.05, 3.63) is 72.3 Å². The molecular weight excluding hydrogens is 326 g/mol. The van der Waals surface area contributed by atoms with Crippen LogP contribution in [0.25, 0.3) is 10.8 Å². The number of carbonyl (C=O) groups excluding carboxylic acids is 1. The van der Waals surface area contributed by atoms with E-state index in [0.717, 1.165) is 16.5 Å². The van der Waals surface area contributed by atoms with Crippen molar-refractivity contribution in [2.75, 3.05) is 13.2 Å². The summed E-state index contributed by atoms with van der Waals surface area (Å²) in [5.41, 5.74) is 1.18. The van der Waals surface area contributed by atoms with Gasteiger partial charge in [0.1, 0.15) is 18.1 Å². The maximum Gasteiger partial charge on any atom is 0.258 e. The van der Waals surface area contributed by atoms with Crippen LogP contribution in [0, 0.1) is 6.92 Å². The van der Waals surface area contributed by atoms with Gasteiger partial charge in [-0.2, -0.15) is 0 Å². The molecule has 1 N–H and O–H groups in total. The maximum absolute atomic E-state index is 12.1. The van der Waals surface area contributed by atoms with Crippen LogP contribution in [0.4, 0.5) is 0 Å². The van der Waals surface area contributed by atoms with E-state index in [4.69, 9.17) is 9.47 Å². The van der Waals surface area contributed by atoms with Crippen LogP contribution in [-0.2, 0) is 4.79 Å². The molecule has 3 aromatic carbocycles. The van der Waals surface area contributed by atoms with Gasteiger partial charge in [-0.1, -0.05) is 54.1 Å². The summed E-state index contributed by atoms with van der Waals surface area (Å²) >= 11 is 0. The number of ether oxygens (including phenoxy) is 2. The van der Waals surface area contributed by atoms with Crippen LogP contribution >= 0.6 is 0 Å². The normalized spacial score (nSPS) is 11.8. The standard InChI is InChI=1S/C22H23NO3/c1-16-10-12-19(13-11-16)25-14-17(2)23-22(24)15-26-21-9-5-7-18-6-3-4-8-20(18)21/h3-13,17H,14-15H2,1-2H3,(H,23,24)/t17-/m0/s1. The predicted molar refractivity (Wildman–Crippen MR) is 104 cm³/mol. The first-order chi connectivity index (χ1) is 12.6. The number of fused-ring (bicyclic) bond motifs is 1. The summed E-state index contributed by atoms with van der Waals surface area (Å²) in [6, 6.07) is 21.5. The van der Waals surface area contributed by atoms with Gasteiger partial charge >= 0.3 is 0 Å². The number of amides is 1. The third-order valence-electron chi connectivity index (χ3n) is 4.04. The van der Waals surface area contributed by atoms with Crippen molar-refractivity contribution in [2.24, 2.45) is 0 Å². The van der Waals surface area contributed by atoms with E-state index in [1.807, 2.05) is 80.6 Å². The molecule has 1 amide bonds. The third kappa shape index (κ3) is 4.76. The molecule has 4 nitrogen and oxygen atoms in total. The van der Waals surface area contributed by atoms with E-state index in [0.29, 0.717) is 12.4 Å². The van der Waals surface area contributed by atoms with Gasteiger partial charge in [0.2, 0.25) is 0 Å². The lowest BCUT2D eigenvalue weighted by atomic mass is 10.1. The molecule has 0 fully saturated rings. The van der Waals surface area contributed by atoms with Crippen molar-refractivity contribution in [1.29, 1.82) is 0 Å². The largest absolute Gasteiger partial charge is 0.491 e. The van der Waals surface area contributed by atoms with Gasteiger partial charge in [-0.3, -0.25) is 4.79 Å². The maximum atomic E-state index is 12.1. The van der Waals surface area contributed by atoms with Crippen molar-refractivity contribution in [1.82, 2.24) is 5.32 Å². The second-order valence-electron chi connectivity index (χ2n) is 6.36. The molecule has 0 heterocycles. The van der Waals surface area contributed by atoms with Crippen LogP contribution in [0.15, 0.2) is 66.7 Å².